The van der Waals surface area contributed by atoms with Crippen molar-refractivity contribution in [3.63, 3.8) is 0 Å². The number of pyridine rings is 1. The topological polar surface area (TPSA) is 127 Å². The highest BCUT2D eigenvalue weighted by molar-refractivity contribution is 9.10. The van der Waals surface area contributed by atoms with Crippen LogP contribution in [0.3, 0.4) is 0 Å². The second-order valence-electron chi connectivity index (χ2n) is 11.9. The van der Waals surface area contributed by atoms with Crippen molar-refractivity contribution in [1.82, 2.24) is 4.98 Å². The SMILES string of the molecule is COc1cc(OCCO)ccc1N1[C@@H](CC(C)(C)C)C2(C(=O)Nc3cc(Br)cnc32)[C@H](c2cccc(Cl)c2F)[C@@H]1C(N)=O. The van der Waals surface area contributed by atoms with E-state index in [9.17, 15) is 14.7 Å². The summed E-state index contributed by atoms with van der Waals surface area (Å²) in [5.74, 6) is -2.29. The lowest BCUT2D eigenvalue weighted by atomic mass is 9.64. The molecule has 0 bridgehead atoms. The number of rotatable bonds is 8. The zero-order valence-electron chi connectivity index (χ0n) is 24.2. The molecule has 4 N–H and O–H groups in total. The smallest absolute Gasteiger partial charge is 0.240 e. The van der Waals surface area contributed by atoms with E-state index in [0.29, 0.717) is 39.5 Å². The molecule has 1 aromatic heterocycles. The number of nitrogens with zero attached hydrogens (tertiary/aromatic N) is 2. The second kappa shape index (κ2) is 11.6. The number of aliphatic hydroxyl groups excluding tert-OH is 1. The van der Waals surface area contributed by atoms with Gasteiger partial charge in [0.25, 0.3) is 0 Å². The molecule has 1 fully saturated rings. The van der Waals surface area contributed by atoms with Crippen molar-refractivity contribution in [2.75, 3.05) is 30.5 Å². The van der Waals surface area contributed by atoms with Gasteiger partial charge in [0.05, 0.1) is 41.8 Å². The van der Waals surface area contributed by atoms with Gasteiger partial charge < -0.3 is 30.5 Å². The van der Waals surface area contributed by atoms with E-state index in [1.807, 2.05) is 20.8 Å². The number of hydrogen-bond acceptors (Lipinski definition) is 7. The molecule has 4 atom stereocenters. The molecule has 9 nitrogen and oxygen atoms in total. The Morgan fingerprint density at radius 2 is 2.02 bits per heavy atom. The predicted molar refractivity (Wildman–Crippen MR) is 165 cm³/mol. The van der Waals surface area contributed by atoms with Crippen LogP contribution in [0.15, 0.2) is 53.1 Å². The third kappa shape index (κ3) is 5.21. The number of primary amides is 1. The lowest BCUT2D eigenvalue weighted by Gasteiger charge is -2.40. The van der Waals surface area contributed by atoms with Crippen LogP contribution in [-0.4, -0.2) is 54.3 Å². The normalized spacial score (nSPS) is 22.9. The van der Waals surface area contributed by atoms with Crippen LogP contribution in [0.2, 0.25) is 5.02 Å². The van der Waals surface area contributed by atoms with Gasteiger partial charge in [-0.05, 0) is 57.6 Å². The molecule has 0 saturated carbocycles. The summed E-state index contributed by atoms with van der Waals surface area (Å²) >= 11 is 9.73. The highest BCUT2D eigenvalue weighted by Gasteiger charge is 2.70. The van der Waals surface area contributed by atoms with E-state index >= 15 is 4.39 Å². The van der Waals surface area contributed by atoms with E-state index in [2.05, 4.69) is 21.2 Å². The first-order valence-corrected chi connectivity index (χ1v) is 14.9. The van der Waals surface area contributed by atoms with Gasteiger partial charge in [-0.15, -0.1) is 0 Å². The van der Waals surface area contributed by atoms with Gasteiger partial charge in [-0.1, -0.05) is 44.5 Å². The maximum Gasteiger partial charge on any atom is 0.240 e. The quantitative estimate of drug-likeness (QED) is 0.301. The van der Waals surface area contributed by atoms with Crippen LogP contribution >= 0.6 is 27.5 Å². The third-order valence-electron chi connectivity index (χ3n) is 8.04. The molecule has 5 rings (SSSR count). The fourth-order valence-corrected chi connectivity index (χ4v) is 7.10. The number of ether oxygens (including phenoxy) is 2. The summed E-state index contributed by atoms with van der Waals surface area (Å²) in [6, 6.07) is 9.33. The number of halogens is 3. The fraction of sp³-hybridized carbons (Fsp3) is 0.387. The first-order valence-electron chi connectivity index (χ1n) is 13.8. The molecular weight excluding hydrogens is 643 g/mol. The number of anilines is 2. The Morgan fingerprint density at radius 3 is 2.67 bits per heavy atom. The summed E-state index contributed by atoms with van der Waals surface area (Å²) in [6.07, 6.45) is 1.96. The van der Waals surface area contributed by atoms with Crippen molar-refractivity contribution >= 4 is 50.7 Å². The Kier molecular flexibility index (Phi) is 8.36. The molecule has 1 saturated heterocycles. The molecule has 0 radical (unpaired) electrons. The van der Waals surface area contributed by atoms with Gasteiger partial charge in [0.1, 0.15) is 35.4 Å². The van der Waals surface area contributed by atoms with Crippen LogP contribution in [0.5, 0.6) is 11.5 Å². The van der Waals surface area contributed by atoms with Crippen LogP contribution in [-0.2, 0) is 15.0 Å². The van der Waals surface area contributed by atoms with Gasteiger partial charge in [-0.2, -0.15) is 0 Å². The zero-order chi connectivity index (χ0) is 31.3. The first-order chi connectivity index (χ1) is 20.3. The molecule has 2 aliphatic rings. The molecule has 2 aliphatic heterocycles. The van der Waals surface area contributed by atoms with E-state index in [1.54, 1.807) is 41.4 Å². The standard InChI is InChI=1S/C31H33BrClFN4O5/c1-30(2,3)14-23-31(27-20(37-29(31)41)12-16(32)15-36-27)24(18-6-5-7-19(33)25(18)34)26(28(35)40)38(23)21-9-8-17(43-11-10-39)13-22(21)42-4/h5-9,12-13,15,23-24,26,39H,10-11,14H2,1-4H3,(H2,35,40)(H,37,41)/t23-,24+,26+,31?/m0/s1. The largest absolute Gasteiger partial charge is 0.494 e. The lowest BCUT2D eigenvalue weighted by Crippen LogP contribution is -2.51. The van der Waals surface area contributed by atoms with Crippen molar-refractivity contribution in [3.8, 4) is 11.5 Å². The first kappa shape index (κ1) is 31.0. The summed E-state index contributed by atoms with van der Waals surface area (Å²) in [5, 5.41) is 12.1. The highest BCUT2D eigenvalue weighted by Crippen LogP contribution is 2.61. The fourth-order valence-electron chi connectivity index (χ4n) is 6.58. The molecule has 3 heterocycles. The summed E-state index contributed by atoms with van der Waals surface area (Å²) in [6.45, 7) is 5.96. The maximum absolute atomic E-state index is 16.1. The predicted octanol–water partition coefficient (Wildman–Crippen LogP) is 5.17. The molecule has 228 valence electrons. The van der Waals surface area contributed by atoms with Crippen LogP contribution in [0, 0.1) is 11.2 Å². The molecule has 3 aromatic rings. The molecule has 43 heavy (non-hydrogen) atoms. The molecule has 0 aliphatic carbocycles. The van der Waals surface area contributed by atoms with E-state index in [0.717, 1.165) is 0 Å². The summed E-state index contributed by atoms with van der Waals surface area (Å²) < 4.78 is 28.1. The number of hydrogen-bond donors (Lipinski definition) is 3. The molecular formula is C31H33BrClFN4O5. The monoisotopic (exact) mass is 674 g/mol. The number of aliphatic hydroxyl groups is 1. The van der Waals surface area contributed by atoms with Crippen molar-refractivity contribution in [1.29, 1.82) is 0 Å². The Morgan fingerprint density at radius 1 is 1.28 bits per heavy atom. The Labute approximate surface area is 262 Å². The number of carbonyl (C=O) groups is 2. The van der Waals surface area contributed by atoms with E-state index in [4.69, 9.17) is 31.8 Å². The summed E-state index contributed by atoms with van der Waals surface area (Å²) in [7, 11) is 1.48. The van der Waals surface area contributed by atoms with Gasteiger partial charge in [0, 0.05) is 22.7 Å². The maximum atomic E-state index is 16.1. The number of methoxy groups -OCH3 is 1. The highest BCUT2D eigenvalue weighted by atomic mass is 79.9. The lowest BCUT2D eigenvalue weighted by molar-refractivity contribution is -0.122. The van der Waals surface area contributed by atoms with Gasteiger partial charge in [-0.3, -0.25) is 14.6 Å². The van der Waals surface area contributed by atoms with Crippen molar-refractivity contribution in [2.45, 2.75) is 50.6 Å². The van der Waals surface area contributed by atoms with Crippen molar-refractivity contribution in [2.24, 2.45) is 11.1 Å². The average molecular weight is 676 g/mol. The third-order valence-corrected chi connectivity index (χ3v) is 8.77. The number of nitrogens with one attached hydrogen (secondary N) is 1. The minimum atomic E-state index is -1.56. The number of carbonyl (C=O) groups excluding carboxylic acids is 2. The van der Waals surface area contributed by atoms with Gasteiger partial charge >= 0.3 is 0 Å². The summed E-state index contributed by atoms with van der Waals surface area (Å²) in [4.78, 5) is 34.7. The molecule has 1 unspecified atom stereocenters. The van der Waals surface area contributed by atoms with Crippen LogP contribution in [0.25, 0.3) is 0 Å². The second-order valence-corrected chi connectivity index (χ2v) is 13.3. The van der Waals surface area contributed by atoms with Crippen molar-refractivity contribution in [3.05, 3.63) is 75.2 Å². The Hall–Kier alpha value is -3.41. The summed E-state index contributed by atoms with van der Waals surface area (Å²) in [5.41, 5.74) is 5.64. The number of benzene rings is 2. The number of amides is 2. The van der Waals surface area contributed by atoms with Gasteiger partial charge in [0.2, 0.25) is 11.8 Å². The van der Waals surface area contributed by atoms with Crippen LogP contribution in [0.1, 0.15) is 44.4 Å². The van der Waals surface area contributed by atoms with E-state index in [1.165, 1.54) is 19.2 Å². The number of nitrogens with two attached hydrogens (primary N) is 1. The van der Waals surface area contributed by atoms with E-state index in [-0.39, 0.29) is 29.2 Å². The Balaban J connectivity index is 1.88. The molecule has 1 spiro atoms. The molecule has 2 aromatic carbocycles. The Bertz CT molecular complexity index is 1580. The average Bonchev–Trinajstić information content (AvgIpc) is 3.39. The zero-order valence-corrected chi connectivity index (χ0v) is 26.5. The molecule has 2 amide bonds. The minimum absolute atomic E-state index is 0.0696. The van der Waals surface area contributed by atoms with Crippen LogP contribution < -0.4 is 25.4 Å². The van der Waals surface area contributed by atoms with E-state index < -0.39 is 41.0 Å². The van der Waals surface area contributed by atoms with Crippen LogP contribution in [0.4, 0.5) is 15.8 Å². The number of aromatic nitrogens is 1. The minimum Gasteiger partial charge on any atom is -0.494 e. The number of fused-ring (bicyclic) bond motifs is 2. The van der Waals surface area contributed by atoms with Crippen molar-refractivity contribution < 1.29 is 28.6 Å². The van der Waals surface area contributed by atoms with Gasteiger partial charge in [0.15, 0.2) is 0 Å². The van der Waals surface area contributed by atoms with Gasteiger partial charge in [-0.25, -0.2) is 4.39 Å². The molecule has 12 heteroatoms.